The maximum Gasteiger partial charge on any atom is 0.227 e. The average molecular weight is 263 g/mol. The number of carbonyl (C=O) groups is 1. The van der Waals surface area contributed by atoms with E-state index in [4.69, 9.17) is 10.5 Å². The number of nitrogen functional groups attached to an aromatic ring is 1. The van der Waals surface area contributed by atoms with Crippen molar-refractivity contribution in [2.45, 2.75) is 13.3 Å². The SMILES string of the molecule is CNC(=O)C1(C)CCN(c2cc(N)cc(OC)c2)C1. The van der Waals surface area contributed by atoms with Crippen molar-refractivity contribution < 1.29 is 9.53 Å². The van der Waals surface area contributed by atoms with E-state index in [1.807, 2.05) is 19.1 Å². The van der Waals surface area contributed by atoms with Crippen LogP contribution in [0.4, 0.5) is 11.4 Å². The summed E-state index contributed by atoms with van der Waals surface area (Å²) in [6, 6.07) is 5.65. The Kier molecular flexibility index (Phi) is 3.55. The summed E-state index contributed by atoms with van der Waals surface area (Å²) < 4.78 is 5.23. The average Bonchev–Trinajstić information content (AvgIpc) is 2.81. The van der Waals surface area contributed by atoms with E-state index in [9.17, 15) is 4.79 Å². The number of rotatable bonds is 3. The highest BCUT2D eigenvalue weighted by Crippen LogP contribution is 2.35. The van der Waals surface area contributed by atoms with Gasteiger partial charge in [-0.1, -0.05) is 0 Å². The molecule has 0 bridgehead atoms. The van der Waals surface area contributed by atoms with Crippen LogP contribution in [0.5, 0.6) is 5.75 Å². The number of nitrogens with two attached hydrogens (primary N) is 1. The third kappa shape index (κ3) is 2.59. The fourth-order valence-electron chi connectivity index (χ4n) is 2.57. The molecular weight excluding hydrogens is 242 g/mol. The van der Waals surface area contributed by atoms with Gasteiger partial charge in [0.1, 0.15) is 5.75 Å². The van der Waals surface area contributed by atoms with Crippen LogP contribution >= 0.6 is 0 Å². The fourth-order valence-corrected chi connectivity index (χ4v) is 2.57. The monoisotopic (exact) mass is 263 g/mol. The molecule has 1 aromatic carbocycles. The van der Waals surface area contributed by atoms with E-state index in [0.717, 1.165) is 24.4 Å². The summed E-state index contributed by atoms with van der Waals surface area (Å²) in [5, 5.41) is 2.74. The Morgan fingerprint density at radius 3 is 2.84 bits per heavy atom. The van der Waals surface area contributed by atoms with Crippen LogP contribution in [0.1, 0.15) is 13.3 Å². The van der Waals surface area contributed by atoms with Crippen LogP contribution in [-0.4, -0.2) is 33.2 Å². The van der Waals surface area contributed by atoms with Gasteiger partial charge >= 0.3 is 0 Å². The minimum Gasteiger partial charge on any atom is -0.497 e. The van der Waals surface area contributed by atoms with Crippen LogP contribution < -0.4 is 20.7 Å². The molecule has 1 aliphatic heterocycles. The van der Waals surface area contributed by atoms with Gasteiger partial charge in [0.15, 0.2) is 0 Å². The lowest BCUT2D eigenvalue weighted by Gasteiger charge is -2.24. The predicted octanol–water partition coefficient (Wildman–Crippen LogP) is 1.24. The van der Waals surface area contributed by atoms with Crippen molar-refractivity contribution in [2.24, 2.45) is 5.41 Å². The molecule has 5 heteroatoms. The highest BCUT2D eigenvalue weighted by atomic mass is 16.5. The Bertz CT molecular complexity index is 490. The lowest BCUT2D eigenvalue weighted by Crippen LogP contribution is -2.39. The number of nitrogens with one attached hydrogen (secondary N) is 1. The van der Waals surface area contributed by atoms with Crippen molar-refractivity contribution in [3.63, 3.8) is 0 Å². The number of hydrogen-bond donors (Lipinski definition) is 2. The van der Waals surface area contributed by atoms with Crippen LogP contribution in [0, 0.1) is 5.41 Å². The summed E-state index contributed by atoms with van der Waals surface area (Å²) in [6.45, 7) is 3.53. The summed E-state index contributed by atoms with van der Waals surface area (Å²) in [5.74, 6) is 0.828. The molecule has 0 aromatic heterocycles. The van der Waals surface area contributed by atoms with E-state index < -0.39 is 0 Å². The zero-order valence-electron chi connectivity index (χ0n) is 11.7. The van der Waals surface area contributed by atoms with Gasteiger partial charge in [-0.15, -0.1) is 0 Å². The largest absolute Gasteiger partial charge is 0.497 e. The lowest BCUT2D eigenvalue weighted by molar-refractivity contribution is -0.128. The molecule has 1 amide bonds. The first kappa shape index (κ1) is 13.5. The molecule has 5 nitrogen and oxygen atoms in total. The Morgan fingerprint density at radius 1 is 1.47 bits per heavy atom. The number of anilines is 2. The number of nitrogens with zero attached hydrogens (tertiary/aromatic N) is 1. The van der Waals surface area contributed by atoms with Crippen molar-refractivity contribution in [1.82, 2.24) is 5.32 Å². The zero-order valence-corrected chi connectivity index (χ0v) is 11.7. The van der Waals surface area contributed by atoms with Crippen LogP contribution in [-0.2, 0) is 4.79 Å². The van der Waals surface area contributed by atoms with Gasteiger partial charge in [0.25, 0.3) is 0 Å². The van der Waals surface area contributed by atoms with E-state index >= 15 is 0 Å². The number of hydrogen-bond acceptors (Lipinski definition) is 4. The predicted molar refractivity (Wildman–Crippen MR) is 76.4 cm³/mol. The summed E-state index contributed by atoms with van der Waals surface area (Å²) in [4.78, 5) is 14.1. The molecule has 0 saturated carbocycles. The minimum absolute atomic E-state index is 0.0888. The van der Waals surface area contributed by atoms with Gasteiger partial charge in [-0.3, -0.25) is 4.79 Å². The molecular formula is C14H21N3O2. The molecule has 2 rings (SSSR count). The van der Waals surface area contributed by atoms with Gasteiger partial charge in [0.05, 0.1) is 12.5 Å². The molecule has 1 unspecified atom stereocenters. The van der Waals surface area contributed by atoms with Crippen molar-refractivity contribution in [2.75, 3.05) is 37.9 Å². The molecule has 0 radical (unpaired) electrons. The third-order valence-corrected chi connectivity index (χ3v) is 3.76. The van der Waals surface area contributed by atoms with E-state index in [1.165, 1.54) is 0 Å². The zero-order chi connectivity index (χ0) is 14.0. The molecule has 1 aromatic rings. The van der Waals surface area contributed by atoms with Crippen LogP contribution in [0.2, 0.25) is 0 Å². The smallest absolute Gasteiger partial charge is 0.227 e. The van der Waals surface area contributed by atoms with Crippen molar-refractivity contribution >= 4 is 17.3 Å². The first-order chi connectivity index (χ1) is 8.98. The maximum absolute atomic E-state index is 11.9. The lowest BCUT2D eigenvalue weighted by atomic mass is 9.89. The standard InChI is InChI=1S/C14H21N3O2/c1-14(13(18)16-2)4-5-17(9-14)11-6-10(15)7-12(8-11)19-3/h6-8H,4-5,9,15H2,1-3H3,(H,16,18). The van der Waals surface area contributed by atoms with Crippen molar-refractivity contribution in [3.8, 4) is 5.75 Å². The Balaban J connectivity index is 2.21. The second-order valence-electron chi connectivity index (χ2n) is 5.28. The van der Waals surface area contributed by atoms with E-state index in [2.05, 4.69) is 10.2 Å². The molecule has 0 spiro atoms. The van der Waals surface area contributed by atoms with Gasteiger partial charge in [-0.2, -0.15) is 0 Å². The molecule has 19 heavy (non-hydrogen) atoms. The first-order valence-corrected chi connectivity index (χ1v) is 6.40. The first-order valence-electron chi connectivity index (χ1n) is 6.40. The number of ether oxygens (including phenoxy) is 1. The van der Waals surface area contributed by atoms with Gasteiger partial charge in [-0.05, 0) is 19.4 Å². The normalized spacial score (nSPS) is 22.4. The second kappa shape index (κ2) is 4.99. The molecule has 1 atom stereocenters. The molecule has 1 saturated heterocycles. The van der Waals surface area contributed by atoms with Crippen molar-refractivity contribution in [3.05, 3.63) is 18.2 Å². The van der Waals surface area contributed by atoms with Crippen LogP contribution in [0.15, 0.2) is 18.2 Å². The van der Waals surface area contributed by atoms with Crippen LogP contribution in [0.3, 0.4) is 0 Å². The Morgan fingerprint density at radius 2 is 2.21 bits per heavy atom. The van der Waals surface area contributed by atoms with E-state index in [0.29, 0.717) is 12.2 Å². The highest BCUT2D eigenvalue weighted by Gasteiger charge is 2.39. The number of amides is 1. The third-order valence-electron chi connectivity index (χ3n) is 3.76. The van der Waals surface area contributed by atoms with E-state index in [1.54, 1.807) is 20.2 Å². The fraction of sp³-hybridized carbons (Fsp3) is 0.500. The molecule has 1 aliphatic rings. The Labute approximate surface area is 113 Å². The second-order valence-corrected chi connectivity index (χ2v) is 5.28. The van der Waals surface area contributed by atoms with Gasteiger partial charge in [0, 0.05) is 43.6 Å². The topological polar surface area (TPSA) is 67.6 Å². The highest BCUT2D eigenvalue weighted by molar-refractivity contribution is 5.83. The number of carbonyl (C=O) groups excluding carboxylic acids is 1. The van der Waals surface area contributed by atoms with Gasteiger partial charge in [0.2, 0.25) is 5.91 Å². The molecule has 0 aliphatic carbocycles. The van der Waals surface area contributed by atoms with E-state index in [-0.39, 0.29) is 11.3 Å². The summed E-state index contributed by atoms with van der Waals surface area (Å²) in [5.41, 5.74) is 7.20. The van der Waals surface area contributed by atoms with Crippen molar-refractivity contribution in [1.29, 1.82) is 0 Å². The van der Waals surface area contributed by atoms with Crippen LogP contribution in [0.25, 0.3) is 0 Å². The molecule has 1 heterocycles. The summed E-state index contributed by atoms with van der Waals surface area (Å²) in [6.07, 6.45) is 0.837. The summed E-state index contributed by atoms with van der Waals surface area (Å²) in [7, 11) is 3.30. The molecule has 3 N–H and O–H groups in total. The molecule has 104 valence electrons. The number of methoxy groups -OCH3 is 1. The maximum atomic E-state index is 11.9. The summed E-state index contributed by atoms with van der Waals surface area (Å²) >= 11 is 0. The Hall–Kier alpha value is -1.91. The molecule has 1 fully saturated rings. The van der Waals surface area contributed by atoms with Gasteiger partial charge < -0.3 is 20.7 Å². The van der Waals surface area contributed by atoms with Gasteiger partial charge in [-0.25, -0.2) is 0 Å². The minimum atomic E-state index is -0.341. The quantitative estimate of drug-likeness (QED) is 0.805. The number of benzene rings is 1.